The van der Waals surface area contributed by atoms with E-state index in [2.05, 4.69) is 14.6 Å². The summed E-state index contributed by atoms with van der Waals surface area (Å²) in [7, 11) is 0. The van der Waals surface area contributed by atoms with Crippen LogP contribution in [0, 0.1) is 10.1 Å². The van der Waals surface area contributed by atoms with E-state index in [9.17, 15) is 15.6 Å². The van der Waals surface area contributed by atoms with E-state index in [4.69, 9.17) is 0 Å². The molecule has 29 heavy (non-hydrogen) atoms. The van der Waals surface area contributed by atoms with Gasteiger partial charge in [-0.2, -0.15) is 4.79 Å². The maximum atomic E-state index is 11.0. The third kappa shape index (κ3) is 3.59. The van der Waals surface area contributed by atoms with Crippen molar-refractivity contribution in [3.8, 4) is 0 Å². The summed E-state index contributed by atoms with van der Waals surface area (Å²) >= 11 is 0. The van der Waals surface area contributed by atoms with Gasteiger partial charge in [0, 0.05) is 36.6 Å². The van der Waals surface area contributed by atoms with Crippen LogP contribution in [0.3, 0.4) is 0 Å². The minimum Gasteiger partial charge on any atom is -0.361 e. The van der Waals surface area contributed by atoms with Crippen LogP contribution < -0.4 is 9.80 Å². The topological polar surface area (TPSA) is 86.0 Å². The molecular formula is C22H19N5O2. The normalized spacial score (nSPS) is 13.9. The Morgan fingerprint density at radius 3 is 1.76 bits per heavy atom. The van der Waals surface area contributed by atoms with E-state index in [1.807, 2.05) is 60.7 Å². The molecule has 1 aliphatic heterocycles. The molecule has 1 aliphatic rings. The van der Waals surface area contributed by atoms with Gasteiger partial charge in [0.1, 0.15) is 0 Å². The van der Waals surface area contributed by atoms with Crippen molar-refractivity contribution in [2.24, 2.45) is 0 Å². The predicted molar refractivity (Wildman–Crippen MR) is 112 cm³/mol. The SMILES string of the molecule is [N-]=[N+]=C(c1ccc([N+](=O)[O-])cc1)C1N(c2ccccc2)CCN1c1ccccc1. The molecule has 0 bridgehead atoms. The molecule has 0 atom stereocenters. The average molecular weight is 385 g/mol. The molecule has 7 nitrogen and oxygen atoms in total. The fourth-order valence-corrected chi connectivity index (χ4v) is 3.72. The first-order valence-corrected chi connectivity index (χ1v) is 9.29. The lowest BCUT2D eigenvalue weighted by molar-refractivity contribution is -0.384. The number of hydrogen-bond donors (Lipinski definition) is 0. The summed E-state index contributed by atoms with van der Waals surface area (Å²) in [6.07, 6.45) is -0.355. The molecule has 0 amide bonds. The Hall–Kier alpha value is -3.96. The third-order valence-electron chi connectivity index (χ3n) is 5.07. The van der Waals surface area contributed by atoms with Crippen LogP contribution in [0.2, 0.25) is 0 Å². The second-order valence-electron chi connectivity index (χ2n) is 6.72. The molecule has 0 saturated carbocycles. The standard InChI is InChI=1S/C22H19N5O2/c23-24-21(17-11-13-20(14-12-17)27(28)29)22-25(18-7-3-1-4-8-18)15-16-26(22)19-9-5-2-6-10-19/h1-14,22H,15-16H2. The molecule has 0 radical (unpaired) electrons. The molecule has 1 heterocycles. The van der Waals surface area contributed by atoms with Gasteiger partial charge in [0.25, 0.3) is 5.69 Å². The number of para-hydroxylation sites is 2. The van der Waals surface area contributed by atoms with Crippen molar-refractivity contribution in [2.45, 2.75) is 6.17 Å². The first-order chi connectivity index (χ1) is 14.2. The molecule has 7 heteroatoms. The predicted octanol–water partition coefficient (Wildman–Crippen LogP) is 3.97. The minimum atomic E-state index is -0.443. The van der Waals surface area contributed by atoms with Crippen LogP contribution in [-0.4, -0.2) is 34.7 Å². The molecule has 1 saturated heterocycles. The van der Waals surface area contributed by atoms with Crippen molar-refractivity contribution in [3.63, 3.8) is 0 Å². The number of anilines is 2. The first kappa shape index (κ1) is 18.4. The number of benzene rings is 3. The number of nitro benzene ring substituents is 1. The number of non-ortho nitro benzene ring substituents is 1. The number of rotatable bonds is 5. The highest BCUT2D eigenvalue weighted by Gasteiger charge is 2.41. The monoisotopic (exact) mass is 385 g/mol. The Morgan fingerprint density at radius 1 is 0.862 bits per heavy atom. The fraction of sp³-hybridized carbons (Fsp3) is 0.136. The molecule has 3 aromatic carbocycles. The Kier molecular flexibility index (Phi) is 5.05. The summed E-state index contributed by atoms with van der Waals surface area (Å²) in [4.78, 5) is 18.5. The van der Waals surface area contributed by atoms with Gasteiger partial charge in [0.15, 0.2) is 0 Å². The molecule has 0 N–H and O–H groups in total. The molecule has 0 aromatic heterocycles. The Balaban J connectivity index is 1.78. The number of hydrogen-bond acceptors (Lipinski definition) is 4. The zero-order valence-corrected chi connectivity index (χ0v) is 15.6. The highest BCUT2D eigenvalue weighted by molar-refractivity contribution is 6.04. The minimum absolute atomic E-state index is 0.00251. The summed E-state index contributed by atoms with van der Waals surface area (Å²) in [5, 5.41) is 11.0. The molecule has 0 spiro atoms. The van der Waals surface area contributed by atoms with Gasteiger partial charge in [-0.3, -0.25) is 10.1 Å². The van der Waals surface area contributed by atoms with E-state index >= 15 is 0 Å². The lowest BCUT2D eigenvalue weighted by Gasteiger charge is -2.29. The molecule has 0 unspecified atom stereocenters. The highest BCUT2D eigenvalue weighted by Crippen LogP contribution is 2.30. The van der Waals surface area contributed by atoms with Crippen LogP contribution in [0.4, 0.5) is 17.1 Å². The lowest BCUT2D eigenvalue weighted by atomic mass is 10.1. The summed E-state index contributed by atoms with van der Waals surface area (Å²) in [6, 6.07) is 26.0. The van der Waals surface area contributed by atoms with Crippen molar-refractivity contribution in [2.75, 3.05) is 22.9 Å². The molecule has 4 rings (SSSR count). The zero-order chi connectivity index (χ0) is 20.2. The van der Waals surface area contributed by atoms with Gasteiger partial charge >= 0.3 is 5.71 Å². The van der Waals surface area contributed by atoms with E-state index in [0.717, 1.165) is 24.5 Å². The first-order valence-electron chi connectivity index (χ1n) is 9.29. The van der Waals surface area contributed by atoms with Gasteiger partial charge < -0.3 is 15.3 Å². The van der Waals surface area contributed by atoms with Crippen molar-refractivity contribution >= 4 is 22.8 Å². The van der Waals surface area contributed by atoms with Gasteiger partial charge in [0.2, 0.25) is 6.17 Å². The summed E-state index contributed by atoms with van der Waals surface area (Å²) in [6.45, 7) is 1.49. The Morgan fingerprint density at radius 2 is 1.34 bits per heavy atom. The molecule has 3 aromatic rings. The van der Waals surface area contributed by atoms with Gasteiger partial charge in [-0.25, -0.2) is 0 Å². The second kappa shape index (κ2) is 7.96. The third-order valence-corrected chi connectivity index (χ3v) is 5.07. The summed E-state index contributed by atoms with van der Waals surface area (Å²) in [5.74, 6) is 0. The van der Waals surface area contributed by atoms with Crippen molar-refractivity contribution in [3.05, 3.63) is 106 Å². The van der Waals surface area contributed by atoms with Crippen LogP contribution in [0.1, 0.15) is 5.56 Å². The van der Waals surface area contributed by atoms with Crippen LogP contribution in [-0.2, 0) is 0 Å². The largest absolute Gasteiger partial charge is 0.361 e. The highest BCUT2D eigenvalue weighted by atomic mass is 16.6. The van der Waals surface area contributed by atoms with E-state index < -0.39 is 4.92 Å². The van der Waals surface area contributed by atoms with E-state index in [-0.39, 0.29) is 11.9 Å². The second-order valence-corrected chi connectivity index (χ2v) is 6.72. The number of nitro groups is 1. The van der Waals surface area contributed by atoms with Gasteiger partial charge in [-0.1, -0.05) is 36.4 Å². The molecule has 0 aliphatic carbocycles. The van der Waals surface area contributed by atoms with Gasteiger partial charge in [0.05, 0.1) is 10.5 Å². The van der Waals surface area contributed by atoms with Crippen LogP contribution in [0.15, 0.2) is 84.9 Å². The number of nitrogens with zero attached hydrogens (tertiary/aromatic N) is 5. The van der Waals surface area contributed by atoms with Crippen molar-refractivity contribution < 1.29 is 9.71 Å². The van der Waals surface area contributed by atoms with E-state index in [1.54, 1.807) is 12.1 Å². The summed E-state index contributed by atoms with van der Waals surface area (Å²) < 4.78 is 0. The van der Waals surface area contributed by atoms with Gasteiger partial charge in [-0.15, -0.1) is 0 Å². The average Bonchev–Trinajstić information content (AvgIpc) is 3.21. The van der Waals surface area contributed by atoms with Crippen molar-refractivity contribution in [1.29, 1.82) is 0 Å². The van der Waals surface area contributed by atoms with Crippen LogP contribution in [0.25, 0.3) is 5.53 Å². The molecule has 144 valence electrons. The Bertz CT molecular complexity index is 1000. The molecular weight excluding hydrogens is 366 g/mol. The fourth-order valence-electron chi connectivity index (χ4n) is 3.72. The van der Waals surface area contributed by atoms with Gasteiger partial charge in [-0.05, 0) is 36.4 Å². The smallest absolute Gasteiger partial charge is 0.341 e. The van der Waals surface area contributed by atoms with Crippen LogP contribution in [0.5, 0.6) is 0 Å². The maximum absolute atomic E-state index is 11.0. The molecule has 1 fully saturated rings. The summed E-state index contributed by atoms with van der Waals surface area (Å²) in [5.41, 5.74) is 13.0. The zero-order valence-electron chi connectivity index (χ0n) is 15.6. The van der Waals surface area contributed by atoms with Crippen LogP contribution >= 0.6 is 0 Å². The maximum Gasteiger partial charge on any atom is 0.341 e. The Labute approximate surface area is 168 Å². The van der Waals surface area contributed by atoms with Crippen molar-refractivity contribution in [1.82, 2.24) is 0 Å². The quantitative estimate of drug-likeness (QED) is 0.219. The van der Waals surface area contributed by atoms with E-state index in [0.29, 0.717) is 11.3 Å². The van der Waals surface area contributed by atoms with E-state index in [1.165, 1.54) is 12.1 Å². The lowest BCUT2D eigenvalue weighted by Crippen LogP contribution is -2.46.